The van der Waals surface area contributed by atoms with Crippen molar-refractivity contribution in [3.05, 3.63) is 170 Å². The molecule has 0 rings (SSSR count). The van der Waals surface area contributed by atoms with E-state index in [2.05, 4.69) is 191 Å². The second kappa shape index (κ2) is 63.3. The quantitative estimate of drug-likeness (QED) is 0.0261. The Morgan fingerprint density at radius 3 is 0.740 bits per heavy atom. The molecule has 0 aromatic heterocycles. The zero-order valence-corrected chi connectivity index (χ0v) is 49.1. The topological polar surface area (TPSA) is 78.9 Å². The maximum absolute atomic E-state index is 12.8. The number of hydrogen-bond donors (Lipinski definition) is 0. The zero-order valence-electron chi connectivity index (χ0n) is 49.1. The number of carbonyl (C=O) groups is 3. The summed E-state index contributed by atoms with van der Waals surface area (Å²) in [6, 6.07) is 0. The largest absolute Gasteiger partial charge is 0.462 e. The van der Waals surface area contributed by atoms with Gasteiger partial charge in [0.05, 0.1) is 0 Å². The van der Waals surface area contributed by atoms with E-state index in [9.17, 15) is 14.4 Å². The summed E-state index contributed by atoms with van der Waals surface area (Å²) in [6.07, 6.45) is 93.7. The number of esters is 3. The summed E-state index contributed by atoms with van der Waals surface area (Å²) < 4.78 is 16.8. The molecule has 0 amide bonds. The standard InChI is InChI=1S/C71H110O6/c1-4-7-10-13-16-19-22-25-26-27-28-29-30-31-32-33-34-35-36-37-38-39-40-41-42-43-44-47-49-52-55-58-61-64-70(73)76-67-68(77-71(74)65-62-59-56-53-50-46-24-21-18-15-12-9-6-3)66-75-69(72)63-60-57-54-51-48-45-23-20-17-14-11-8-5-2/h7-12,16-21,25-26,28-29,31-32,34-35,37-38,40-41,45-46,48,50,68H,4-6,13-15,22-24,27,30,33,36,39,42-44,47,49,51-67H2,1-3H3/b10-7-,11-8-,12-9-,19-16-,20-17-,21-18-,26-25-,29-28-,32-31-,35-34-,38-37-,41-40-,48-45-,50-46-. The molecule has 0 aromatic rings. The van der Waals surface area contributed by atoms with Crippen LogP contribution >= 0.6 is 0 Å². The predicted octanol–water partition coefficient (Wildman–Crippen LogP) is 21.1. The van der Waals surface area contributed by atoms with Crippen molar-refractivity contribution in [2.75, 3.05) is 13.2 Å². The van der Waals surface area contributed by atoms with E-state index in [1.54, 1.807) is 0 Å². The lowest BCUT2D eigenvalue weighted by Crippen LogP contribution is -2.30. The monoisotopic (exact) mass is 1060 g/mol. The van der Waals surface area contributed by atoms with Gasteiger partial charge in [0.2, 0.25) is 0 Å². The molecule has 430 valence electrons. The average Bonchev–Trinajstić information content (AvgIpc) is 3.43. The van der Waals surface area contributed by atoms with Crippen LogP contribution in [0, 0.1) is 0 Å². The normalized spacial score (nSPS) is 13.3. The average molecular weight is 1060 g/mol. The van der Waals surface area contributed by atoms with Crippen molar-refractivity contribution in [2.45, 2.75) is 245 Å². The van der Waals surface area contributed by atoms with Crippen LogP contribution < -0.4 is 0 Å². The highest BCUT2D eigenvalue weighted by atomic mass is 16.6. The number of allylic oxidation sites excluding steroid dienone is 28. The molecule has 1 unspecified atom stereocenters. The van der Waals surface area contributed by atoms with Gasteiger partial charge in [-0.1, -0.05) is 242 Å². The molecule has 0 aliphatic carbocycles. The Balaban J connectivity index is 4.30. The van der Waals surface area contributed by atoms with Crippen LogP contribution in [0.25, 0.3) is 0 Å². The van der Waals surface area contributed by atoms with Crippen molar-refractivity contribution >= 4 is 17.9 Å². The molecule has 0 aliphatic rings. The van der Waals surface area contributed by atoms with Gasteiger partial charge in [0.25, 0.3) is 0 Å². The van der Waals surface area contributed by atoms with Crippen molar-refractivity contribution in [3.63, 3.8) is 0 Å². The fraction of sp³-hybridized carbons (Fsp3) is 0.563. The van der Waals surface area contributed by atoms with Crippen molar-refractivity contribution in [1.29, 1.82) is 0 Å². The Morgan fingerprint density at radius 2 is 0.468 bits per heavy atom. The second-order valence-electron chi connectivity index (χ2n) is 19.5. The van der Waals surface area contributed by atoms with Gasteiger partial charge in [-0.25, -0.2) is 0 Å². The van der Waals surface area contributed by atoms with Crippen LogP contribution in [0.5, 0.6) is 0 Å². The predicted molar refractivity (Wildman–Crippen MR) is 334 cm³/mol. The Morgan fingerprint density at radius 1 is 0.260 bits per heavy atom. The van der Waals surface area contributed by atoms with E-state index in [1.165, 1.54) is 32.1 Å². The molecule has 0 fully saturated rings. The molecule has 0 aromatic carbocycles. The summed E-state index contributed by atoms with van der Waals surface area (Å²) in [6.45, 7) is 6.22. The molecule has 0 radical (unpaired) electrons. The molecule has 0 saturated carbocycles. The van der Waals surface area contributed by atoms with Gasteiger partial charge in [-0.05, 0) is 148 Å². The van der Waals surface area contributed by atoms with Gasteiger partial charge in [-0.15, -0.1) is 0 Å². The first-order valence-corrected chi connectivity index (χ1v) is 30.6. The molecule has 0 saturated heterocycles. The van der Waals surface area contributed by atoms with Crippen LogP contribution in [0.4, 0.5) is 0 Å². The smallest absolute Gasteiger partial charge is 0.306 e. The van der Waals surface area contributed by atoms with Gasteiger partial charge in [0, 0.05) is 19.3 Å². The molecule has 0 N–H and O–H groups in total. The summed E-state index contributed by atoms with van der Waals surface area (Å²) in [5, 5.41) is 0. The molecular formula is C71H110O6. The second-order valence-corrected chi connectivity index (χ2v) is 19.5. The van der Waals surface area contributed by atoms with Crippen LogP contribution in [0.15, 0.2) is 170 Å². The minimum atomic E-state index is -0.817. The lowest BCUT2D eigenvalue weighted by molar-refractivity contribution is -0.167. The van der Waals surface area contributed by atoms with E-state index in [0.717, 1.165) is 161 Å². The third-order valence-corrected chi connectivity index (χ3v) is 12.2. The van der Waals surface area contributed by atoms with E-state index in [-0.39, 0.29) is 37.5 Å². The maximum atomic E-state index is 12.8. The molecule has 77 heavy (non-hydrogen) atoms. The summed E-state index contributed by atoms with van der Waals surface area (Å²) in [5.41, 5.74) is 0. The van der Waals surface area contributed by atoms with Crippen LogP contribution in [0.2, 0.25) is 0 Å². The number of unbranched alkanes of at least 4 members (excludes halogenated alkanes) is 14. The number of hydrogen-bond acceptors (Lipinski definition) is 6. The highest BCUT2D eigenvalue weighted by Crippen LogP contribution is 2.13. The van der Waals surface area contributed by atoms with E-state index in [1.807, 2.05) is 0 Å². The molecular weight excluding hydrogens is 949 g/mol. The Bertz CT molecular complexity index is 1790. The van der Waals surface area contributed by atoms with Gasteiger partial charge >= 0.3 is 17.9 Å². The van der Waals surface area contributed by atoms with Crippen LogP contribution in [-0.4, -0.2) is 37.2 Å². The third-order valence-electron chi connectivity index (χ3n) is 12.2. The van der Waals surface area contributed by atoms with Crippen molar-refractivity contribution < 1.29 is 28.6 Å². The molecule has 0 spiro atoms. The zero-order chi connectivity index (χ0) is 55.7. The fourth-order valence-corrected chi connectivity index (χ4v) is 7.72. The summed E-state index contributed by atoms with van der Waals surface area (Å²) in [5.74, 6) is -0.988. The molecule has 6 nitrogen and oxygen atoms in total. The minimum absolute atomic E-state index is 0.111. The van der Waals surface area contributed by atoms with E-state index in [0.29, 0.717) is 19.3 Å². The molecule has 0 heterocycles. The highest BCUT2D eigenvalue weighted by molar-refractivity contribution is 5.71. The summed E-state index contributed by atoms with van der Waals surface area (Å²) in [4.78, 5) is 38.1. The van der Waals surface area contributed by atoms with E-state index >= 15 is 0 Å². The van der Waals surface area contributed by atoms with Gasteiger partial charge in [-0.3, -0.25) is 14.4 Å². The van der Waals surface area contributed by atoms with Crippen molar-refractivity contribution in [2.24, 2.45) is 0 Å². The first kappa shape index (κ1) is 71.8. The molecule has 0 bridgehead atoms. The SMILES string of the molecule is CC/C=C\C/C=C\C/C=C\C/C=C\C/C=C\C/C=C\C/C=C\C/C=C\CCCCCCCCCCC(=O)OCC(COC(=O)CCCCC/C=C\C/C=C\C/C=C\CC)OC(=O)CCCCC/C=C\C/C=C\C/C=C\CC. The lowest BCUT2D eigenvalue weighted by Gasteiger charge is -2.18. The highest BCUT2D eigenvalue weighted by Gasteiger charge is 2.19. The molecule has 6 heteroatoms. The fourth-order valence-electron chi connectivity index (χ4n) is 7.72. The molecule has 0 aliphatic heterocycles. The van der Waals surface area contributed by atoms with Gasteiger partial charge in [0.1, 0.15) is 13.2 Å². The number of rotatable bonds is 53. The maximum Gasteiger partial charge on any atom is 0.306 e. The first-order chi connectivity index (χ1) is 38.0. The van der Waals surface area contributed by atoms with E-state index in [4.69, 9.17) is 14.2 Å². The van der Waals surface area contributed by atoms with Crippen LogP contribution in [0.1, 0.15) is 239 Å². The van der Waals surface area contributed by atoms with Gasteiger partial charge in [0.15, 0.2) is 6.10 Å². The van der Waals surface area contributed by atoms with Crippen LogP contribution in [-0.2, 0) is 28.6 Å². The minimum Gasteiger partial charge on any atom is -0.462 e. The van der Waals surface area contributed by atoms with Crippen molar-refractivity contribution in [1.82, 2.24) is 0 Å². The lowest BCUT2D eigenvalue weighted by atomic mass is 10.1. The van der Waals surface area contributed by atoms with Gasteiger partial charge in [-0.2, -0.15) is 0 Å². The number of carbonyl (C=O) groups excluding carboxylic acids is 3. The number of ether oxygens (including phenoxy) is 3. The first-order valence-electron chi connectivity index (χ1n) is 30.6. The summed E-state index contributed by atoms with van der Waals surface area (Å²) >= 11 is 0. The van der Waals surface area contributed by atoms with Gasteiger partial charge < -0.3 is 14.2 Å². The Kier molecular flexibility index (Phi) is 59.0. The summed E-state index contributed by atoms with van der Waals surface area (Å²) in [7, 11) is 0. The van der Waals surface area contributed by atoms with Crippen LogP contribution in [0.3, 0.4) is 0 Å². The van der Waals surface area contributed by atoms with Crippen molar-refractivity contribution in [3.8, 4) is 0 Å². The third kappa shape index (κ3) is 61.5. The van der Waals surface area contributed by atoms with E-state index < -0.39 is 6.10 Å². The Hall–Kier alpha value is -5.23. The Labute approximate surface area is 472 Å². The molecule has 1 atom stereocenters.